The Morgan fingerprint density at radius 3 is 2.90 bits per heavy atom. The molecule has 0 radical (unpaired) electrons. The summed E-state index contributed by atoms with van der Waals surface area (Å²) in [5.41, 5.74) is 2.56. The van der Waals surface area contributed by atoms with Crippen molar-refractivity contribution in [3.05, 3.63) is 0 Å². The predicted octanol–water partition coefficient (Wildman–Crippen LogP) is -0.116. The molecule has 2 N–H and O–H groups in total. The van der Waals surface area contributed by atoms with Crippen LogP contribution in [0.1, 0.15) is 13.3 Å². The SMILES string of the molecule is CCOCCCNOCO. The standard InChI is InChI=1S/C6H15NO3/c1-2-9-5-3-4-7-10-6-8/h7-8H,2-6H2,1H3. The van der Waals surface area contributed by atoms with Crippen molar-refractivity contribution in [1.82, 2.24) is 5.48 Å². The fraction of sp³-hybridized carbons (Fsp3) is 1.00. The van der Waals surface area contributed by atoms with E-state index in [1.165, 1.54) is 0 Å². The van der Waals surface area contributed by atoms with E-state index in [0.717, 1.165) is 19.6 Å². The zero-order chi connectivity index (χ0) is 7.66. The zero-order valence-corrected chi connectivity index (χ0v) is 6.30. The van der Waals surface area contributed by atoms with Gasteiger partial charge in [-0.15, -0.1) is 0 Å². The first-order chi connectivity index (χ1) is 4.91. The second-order valence-electron chi connectivity index (χ2n) is 1.72. The van der Waals surface area contributed by atoms with Gasteiger partial charge in [0.05, 0.1) is 0 Å². The van der Waals surface area contributed by atoms with E-state index in [4.69, 9.17) is 9.84 Å². The van der Waals surface area contributed by atoms with Crippen molar-refractivity contribution < 1.29 is 14.7 Å². The van der Waals surface area contributed by atoms with Gasteiger partial charge in [0.15, 0.2) is 6.79 Å². The van der Waals surface area contributed by atoms with Gasteiger partial charge in [-0.1, -0.05) is 0 Å². The molecule has 0 heterocycles. The van der Waals surface area contributed by atoms with Crippen LogP contribution >= 0.6 is 0 Å². The number of ether oxygens (including phenoxy) is 1. The van der Waals surface area contributed by atoms with Gasteiger partial charge < -0.3 is 9.84 Å². The normalized spacial score (nSPS) is 10.2. The number of rotatable bonds is 7. The Labute approximate surface area is 61.1 Å². The van der Waals surface area contributed by atoms with Gasteiger partial charge in [0, 0.05) is 19.8 Å². The van der Waals surface area contributed by atoms with E-state index in [0.29, 0.717) is 6.54 Å². The molecule has 0 amide bonds. The Kier molecular flexibility index (Phi) is 8.70. The molecular weight excluding hydrogens is 134 g/mol. The minimum absolute atomic E-state index is 0.283. The molecule has 0 saturated carbocycles. The maximum absolute atomic E-state index is 8.15. The van der Waals surface area contributed by atoms with Gasteiger partial charge in [-0.3, -0.25) is 4.84 Å². The summed E-state index contributed by atoms with van der Waals surface area (Å²) in [6.45, 7) is 3.87. The van der Waals surface area contributed by atoms with Crippen LogP contribution in [0.4, 0.5) is 0 Å². The summed E-state index contributed by atoms with van der Waals surface area (Å²) in [6.07, 6.45) is 0.897. The van der Waals surface area contributed by atoms with Crippen molar-refractivity contribution in [2.45, 2.75) is 13.3 Å². The van der Waals surface area contributed by atoms with E-state index >= 15 is 0 Å². The highest BCUT2D eigenvalue weighted by Crippen LogP contribution is 1.79. The number of aliphatic hydroxyl groups is 1. The van der Waals surface area contributed by atoms with Gasteiger partial charge in [0.2, 0.25) is 0 Å². The van der Waals surface area contributed by atoms with E-state index in [1.54, 1.807) is 0 Å². The number of hydroxylamine groups is 1. The largest absolute Gasteiger partial charge is 0.382 e. The highest BCUT2D eigenvalue weighted by Gasteiger charge is 1.85. The third-order valence-corrected chi connectivity index (χ3v) is 0.938. The second-order valence-corrected chi connectivity index (χ2v) is 1.72. The maximum atomic E-state index is 8.15. The molecule has 0 aromatic rings. The molecule has 10 heavy (non-hydrogen) atoms. The van der Waals surface area contributed by atoms with Crippen LogP contribution in [0.3, 0.4) is 0 Å². The molecule has 0 fully saturated rings. The first-order valence-corrected chi connectivity index (χ1v) is 3.45. The molecule has 4 heteroatoms. The first-order valence-electron chi connectivity index (χ1n) is 3.45. The molecule has 0 saturated heterocycles. The van der Waals surface area contributed by atoms with E-state index in [9.17, 15) is 0 Å². The lowest BCUT2D eigenvalue weighted by molar-refractivity contribution is -0.0624. The lowest BCUT2D eigenvalue weighted by Crippen LogP contribution is -2.17. The van der Waals surface area contributed by atoms with Crippen LogP contribution in [0.2, 0.25) is 0 Å². The van der Waals surface area contributed by atoms with E-state index in [2.05, 4.69) is 10.3 Å². The van der Waals surface area contributed by atoms with Crippen LogP contribution in [0.5, 0.6) is 0 Å². The molecule has 0 spiro atoms. The number of nitrogens with one attached hydrogen (secondary N) is 1. The third-order valence-electron chi connectivity index (χ3n) is 0.938. The highest BCUT2D eigenvalue weighted by molar-refractivity contribution is 4.35. The average molecular weight is 149 g/mol. The van der Waals surface area contributed by atoms with Crippen LogP contribution in [0.15, 0.2) is 0 Å². The lowest BCUT2D eigenvalue weighted by atomic mass is 10.5. The van der Waals surface area contributed by atoms with Gasteiger partial charge in [-0.25, -0.2) is 0 Å². The maximum Gasteiger partial charge on any atom is 0.163 e. The zero-order valence-electron chi connectivity index (χ0n) is 6.30. The lowest BCUT2D eigenvalue weighted by Gasteiger charge is -2.02. The third kappa shape index (κ3) is 7.84. The van der Waals surface area contributed by atoms with E-state index in [1.807, 2.05) is 6.92 Å². The summed E-state index contributed by atoms with van der Waals surface area (Å²) in [7, 11) is 0. The smallest absolute Gasteiger partial charge is 0.163 e. The van der Waals surface area contributed by atoms with Crippen molar-refractivity contribution in [1.29, 1.82) is 0 Å². The van der Waals surface area contributed by atoms with Gasteiger partial charge in [0.1, 0.15) is 0 Å². The molecule has 4 nitrogen and oxygen atoms in total. The fourth-order valence-electron chi connectivity index (χ4n) is 0.509. The van der Waals surface area contributed by atoms with Crippen LogP contribution in [0, 0.1) is 0 Å². The molecule has 62 valence electrons. The van der Waals surface area contributed by atoms with Crippen molar-refractivity contribution in [3.8, 4) is 0 Å². The van der Waals surface area contributed by atoms with Crippen LogP contribution in [-0.4, -0.2) is 31.7 Å². The highest BCUT2D eigenvalue weighted by atomic mass is 16.7. The van der Waals surface area contributed by atoms with Crippen molar-refractivity contribution in [3.63, 3.8) is 0 Å². The Bertz CT molecular complexity index is 53.0. The minimum Gasteiger partial charge on any atom is -0.382 e. The van der Waals surface area contributed by atoms with Crippen molar-refractivity contribution >= 4 is 0 Å². The summed E-state index contributed by atoms with van der Waals surface area (Å²) in [4.78, 5) is 4.46. The first kappa shape index (κ1) is 9.84. The summed E-state index contributed by atoms with van der Waals surface area (Å²) in [5, 5.41) is 8.15. The Balaban J connectivity index is 2.65. The molecule has 0 aliphatic rings. The molecule has 0 aliphatic heterocycles. The van der Waals surface area contributed by atoms with Crippen LogP contribution in [0.25, 0.3) is 0 Å². The molecule has 0 aromatic carbocycles. The summed E-state index contributed by atoms with van der Waals surface area (Å²) in [5.74, 6) is 0. The predicted molar refractivity (Wildman–Crippen MR) is 37.3 cm³/mol. The molecule has 0 atom stereocenters. The average Bonchev–Trinajstić information content (AvgIpc) is 1.97. The number of aliphatic hydroxyl groups excluding tert-OH is 1. The van der Waals surface area contributed by atoms with Gasteiger partial charge >= 0.3 is 0 Å². The van der Waals surface area contributed by atoms with E-state index in [-0.39, 0.29) is 6.79 Å². The molecule has 0 bridgehead atoms. The van der Waals surface area contributed by atoms with Crippen molar-refractivity contribution in [2.24, 2.45) is 0 Å². The van der Waals surface area contributed by atoms with Gasteiger partial charge in [0.25, 0.3) is 0 Å². The number of hydrogen-bond donors (Lipinski definition) is 2. The summed E-state index contributed by atoms with van der Waals surface area (Å²) in [6, 6.07) is 0. The minimum atomic E-state index is -0.283. The monoisotopic (exact) mass is 149 g/mol. The molecular formula is C6H15NO3. The number of hydrogen-bond acceptors (Lipinski definition) is 4. The quantitative estimate of drug-likeness (QED) is 0.301. The summed E-state index contributed by atoms with van der Waals surface area (Å²) < 4.78 is 5.06. The van der Waals surface area contributed by atoms with Crippen LogP contribution < -0.4 is 5.48 Å². The second kappa shape index (κ2) is 8.84. The van der Waals surface area contributed by atoms with Crippen molar-refractivity contribution in [2.75, 3.05) is 26.6 Å². The Hall–Kier alpha value is -0.160. The molecule has 0 aromatic heterocycles. The van der Waals surface area contributed by atoms with Gasteiger partial charge in [-0.2, -0.15) is 5.48 Å². The molecule has 0 aliphatic carbocycles. The molecule has 0 unspecified atom stereocenters. The fourth-order valence-corrected chi connectivity index (χ4v) is 0.509. The Morgan fingerprint density at radius 1 is 1.50 bits per heavy atom. The topological polar surface area (TPSA) is 50.7 Å². The summed E-state index contributed by atoms with van der Waals surface area (Å²) >= 11 is 0. The van der Waals surface area contributed by atoms with Gasteiger partial charge in [-0.05, 0) is 13.3 Å². The van der Waals surface area contributed by atoms with Crippen LogP contribution in [-0.2, 0) is 9.57 Å². The Morgan fingerprint density at radius 2 is 2.30 bits per heavy atom. The van der Waals surface area contributed by atoms with E-state index < -0.39 is 0 Å². The molecule has 0 rings (SSSR count).